The summed E-state index contributed by atoms with van der Waals surface area (Å²) >= 11 is 0. The zero-order valence-corrected chi connectivity index (χ0v) is 12.4. The van der Waals surface area contributed by atoms with Crippen molar-refractivity contribution in [2.75, 3.05) is 13.1 Å². The van der Waals surface area contributed by atoms with Gasteiger partial charge in [-0.2, -0.15) is 0 Å². The molecule has 2 fully saturated rings. The normalized spacial score (nSPS) is 35.4. The summed E-state index contributed by atoms with van der Waals surface area (Å²) in [6.45, 7) is 3.27. The predicted molar refractivity (Wildman–Crippen MR) is 80.5 cm³/mol. The van der Waals surface area contributed by atoms with Gasteiger partial charge in [-0.1, -0.05) is 29.8 Å². The molecule has 3 nitrogen and oxygen atoms in total. The van der Waals surface area contributed by atoms with Crippen molar-refractivity contribution in [2.24, 2.45) is 23.0 Å². The van der Waals surface area contributed by atoms with E-state index in [1.807, 2.05) is 25.1 Å². The van der Waals surface area contributed by atoms with Gasteiger partial charge in [0.25, 0.3) is 0 Å². The monoisotopic (exact) mass is 290 g/mol. The number of hydrogen-bond donors (Lipinski definition) is 2. The maximum absolute atomic E-state index is 14.1. The van der Waals surface area contributed by atoms with E-state index in [1.54, 1.807) is 0 Å². The Morgan fingerprint density at radius 2 is 2.33 bits per heavy atom. The van der Waals surface area contributed by atoms with Crippen LogP contribution in [0.1, 0.15) is 24.0 Å². The lowest BCUT2D eigenvalue weighted by Crippen LogP contribution is -2.41. The molecule has 1 heterocycles. The smallest absolute Gasteiger partial charge is 0.224 e. The summed E-state index contributed by atoms with van der Waals surface area (Å²) in [7, 11) is 0. The summed E-state index contributed by atoms with van der Waals surface area (Å²) in [5.74, 6) is -0.184. The maximum atomic E-state index is 14.1. The molecule has 114 valence electrons. The summed E-state index contributed by atoms with van der Waals surface area (Å²) < 4.78 is 14.1. The SMILES string of the molecule is Cc1cccc(CC2(C(N)=O)CC2[C@@H]2CCNC[C@H]2F)c1. The van der Waals surface area contributed by atoms with Gasteiger partial charge in [0.15, 0.2) is 0 Å². The standard InChI is InChI=1S/C17H23FN2O/c1-11-3-2-4-12(7-11)8-17(16(19)21)9-14(17)13-5-6-20-10-15(13)18/h2-4,7,13-15,20H,5-6,8-10H2,1H3,(H2,19,21)/t13-,14?,15+,17?/m0/s1. The topological polar surface area (TPSA) is 55.1 Å². The lowest BCUT2D eigenvalue weighted by molar-refractivity contribution is -0.124. The number of nitrogens with one attached hydrogen (secondary N) is 1. The van der Waals surface area contributed by atoms with E-state index >= 15 is 0 Å². The molecule has 0 radical (unpaired) electrons. The van der Waals surface area contributed by atoms with Gasteiger partial charge in [0.2, 0.25) is 5.91 Å². The molecule has 1 aliphatic carbocycles. The van der Waals surface area contributed by atoms with Crippen LogP contribution in [0.4, 0.5) is 4.39 Å². The molecule has 0 spiro atoms. The number of rotatable bonds is 4. The Kier molecular flexibility index (Phi) is 3.74. The van der Waals surface area contributed by atoms with Crippen LogP contribution in [0.5, 0.6) is 0 Å². The summed E-state index contributed by atoms with van der Waals surface area (Å²) in [5, 5.41) is 3.07. The van der Waals surface area contributed by atoms with E-state index in [4.69, 9.17) is 5.73 Å². The number of hydrogen-bond acceptors (Lipinski definition) is 2. The minimum absolute atomic E-state index is 0.0245. The minimum atomic E-state index is -0.859. The molecule has 2 unspecified atom stereocenters. The van der Waals surface area contributed by atoms with E-state index in [-0.39, 0.29) is 17.7 Å². The Bertz CT molecular complexity index is 547. The van der Waals surface area contributed by atoms with Crippen LogP contribution in [0.15, 0.2) is 24.3 Å². The molecule has 1 aromatic carbocycles. The van der Waals surface area contributed by atoms with E-state index in [0.29, 0.717) is 13.0 Å². The van der Waals surface area contributed by atoms with Crippen LogP contribution < -0.4 is 11.1 Å². The van der Waals surface area contributed by atoms with Crippen LogP contribution >= 0.6 is 0 Å². The van der Waals surface area contributed by atoms with Crippen LogP contribution in [-0.4, -0.2) is 25.2 Å². The molecule has 1 amide bonds. The van der Waals surface area contributed by atoms with Crippen molar-refractivity contribution in [3.8, 4) is 0 Å². The first kappa shape index (κ1) is 14.5. The number of alkyl halides is 1. The zero-order chi connectivity index (χ0) is 15.0. The van der Waals surface area contributed by atoms with E-state index in [1.165, 1.54) is 5.56 Å². The zero-order valence-electron chi connectivity index (χ0n) is 12.4. The fourth-order valence-electron chi connectivity index (χ4n) is 3.95. The Morgan fingerprint density at radius 3 is 3.00 bits per heavy atom. The van der Waals surface area contributed by atoms with Gasteiger partial charge in [0.1, 0.15) is 6.17 Å². The second-order valence-corrected chi connectivity index (χ2v) is 6.67. The van der Waals surface area contributed by atoms with Gasteiger partial charge < -0.3 is 11.1 Å². The Morgan fingerprint density at radius 1 is 1.52 bits per heavy atom. The van der Waals surface area contributed by atoms with Crippen LogP contribution in [0.25, 0.3) is 0 Å². The van der Waals surface area contributed by atoms with Crippen LogP contribution in [0.3, 0.4) is 0 Å². The molecule has 0 aromatic heterocycles. The van der Waals surface area contributed by atoms with Gasteiger partial charge >= 0.3 is 0 Å². The van der Waals surface area contributed by atoms with Gasteiger partial charge in [-0.05, 0) is 50.1 Å². The van der Waals surface area contributed by atoms with E-state index in [0.717, 1.165) is 24.9 Å². The lowest BCUT2D eigenvalue weighted by Gasteiger charge is -2.28. The number of primary amides is 1. The van der Waals surface area contributed by atoms with E-state index < -0.39 is 11.6 Å². The highest BCUT2D eigenvalue weighted by atomic mass is 19.1. The number of aryl methyl sites for hydroxylation is 1. The first-order chi connectivity index (χ1) is 10.0. The highest BCUT2D eigenvalue weighted by molar-refractivity contribution is 5.84. The maximum Gasteiger partial charge on any atom is 0.224 e. The number of piperidine rings is 1. The van der Waals surface area contributed by atoms with Crippen molar-refractivity contribution < 1.29 is 9.18 Å². The fourth-order valence-corrected chi connectivity index (χ4v) is 3.95. The van der Waals surface area contributed by atoms with Gasteiger partial charge in [-0.15, -0.1) is 0 Å². The van der Waals surface area contributed by atoms with Crippen LogP contribution in [0, 0.1) is 24.2 Å². The lowest BCUT2D eigenvalue weighted by atomic mass is 9.83. The predicted octanol–water partition coefficient (Wildman–Crippen LogP) is 1.98. The van der Waals surface area contributed by atoms with Gasteiger partial charge in [-0.25, -0.2) is 4.39 Å². The van der Waals surface area contributed by atoms with Crippen molar-refractivity contribution in [3.05, 3.63) is 35.4 Å². The number of halogens is 1. The second kappa shape index (κ2) is 5.41. The molecule has 1 saturated heterocycles. The third-order valence-electron chi connectivity index (χ3n) is 5.20. The van der Waals surface area contributed by atoms with Gasteiger partial charge in [0.05, 0.1) is 5.41 Å². The molecule has 4 atom stereocenters. The Hall–Kier alpha value is -1.42. The second-order valence-electron chi connectivity index (χ2n) is 6.67. The average Bonchev–Trinajstić information content (AvgIpc) is 3.15. The summed E-state index contributed by atoms with van der Waals surface area (Å²) in [6, 6.07) is 8.16. The number of benzene rings is 1. The average molecular weight is 290 g/mol. The molecular weight excluding hydrogens is 267 g/mol. The first-order valence-corrected chi connectivity index (χ1v) is 7.73. The minimum Gasteiger partial charge on any atom is -0.369 e. The number of nitrogens with two attached hydrogens (primary N) is 1. The summed E-state index contributed by atoms with van der Waals surface area (Å²) in [4.78, 5) is 12.0. The van der Waals surface area contributed by atoms with Crippen molar-refractivity contribution in [2.45, 2.75) is 32.4 Å². The molecule has 21 heavy (non-hydrogen) atoms. The van der Waals surface area contributed by atoms with E-state index in [2.05, 4.69) is 11.4 Å². The number of carbonyl (C=O) groups excluding carboxylic acids is 1. The molecular formula is C17H23FN2O. The molecule has 3 rings (SSSR count). The molecule has 1 aromatic rings. The Labute approximate surface area is 125 Å². The third-order valence-corrected chi connectivity index (χ3v) is 5.20. The van der Waals surface area contributed by atoms with Crippen molar-refractivity contribution >= 4 is 5.91 Å². The van der Waals surface area contributed by atoms with E-state index in [9.17, 15) is 9.18 Å². The first-order valence-electron chi connectivity index (χ1n) is 7.73. The molecule has 0 bridgehead atoms. The third kappa shape index (κ3) is 2.69. The molecule has 4 heteroatoms. The number of amides is 1. The Balaban J connectivity index is 1.78. The summed E-state index contributed by atoms with van der Waals surface area (Å²) in [6.07, 6.45) is 1.32. The molecule has 1 aliphatic heterocycles. The van der Waals surface area contributed by atoms with Crippen LogP contribution in [-0.2, 0) is 11.2 Å². The highest BCUT2D eigenvalue weighted by Crippen LogP contribution is 2.60. The van der Waals surface area contributed by atoms with Gasteiger partial charge in [-0.3, -0.25) is 4.79 Å². The quantitative estimate of drug-likeness (QED) is 0.891. The van der Waals surface area contributed by atoms with Crippen molar-refractivity contribution in [3.63, 3.8) is 0 Å². The van der Waals surface area contributed by atoms with Crippen molar-refractivity contribution in [1.82, 2.24) is 5.32 Å². The summed E-state index contributed by atoms with van der Waals surface area (Å²) in [5.41, 5.74) is 7.46. The van der Waals surface area contributed by atoms with Crippen molar-refractivity contribution in [1.29, 1.82) is 0 Å². The largest absolute Gasteiger partial charge is 0.369 e. The molecule has 1 saturated carbocycles. The highest BCUT2D eigenvalue weighted by Gasteiger charge is 2.62. The number of carbonyl (C=O) groups is 1. The van der Waals surface area contributed by atoms with Crippen LogP contribution in [0.2, 0.25) is 0 Å². The molecule has 2 aliphatic rings. The van der Waals surface area contributed by atoms with Gasteiger partial charge in [0, 0.05) is 6.54 Å². The fraction of sp³-hybridized carbons (Fsp3) is 0.588. The molecule has 3 N–H and O–H groups in total.